The largest absolute Gasteiger partial charge is 0.503 e. The third-order valence-corrected chi connectivity index (χ3v) is 5.95. The summed E-state index contributed by atoms with van der Waals surface area (Å²) in [4.78, 5) is 0. The quantitative estimate of drug-likeness (QED) is 0.643. The van der Waals surface area contributed by atoms with Crippen LogP contribution in [-0.2, 0) is 22.8 Å². The van der Waals surface area contributed by atoms with Gasteiger partial charge in [0.15, 0.2) is 0 Å². The van der Waals surface area contributed by atoms with Gasteiger partial charge < -0.3 is 22.8 Å². The highest BCUT2D eigenvalue weighted by Crippen LogP contribution is 2.27. The fourth-order valence-electron chi connectivity index (χ4n) is 1.83. The summed E-state index contributed by atoms with van der Waals surface area (Å²) in [6.07, 6.45) is 0.0104. The molecule has 0 amide bonds. The van der Waals surface area contributed by atoms with Crippen molar-refractivity contribution in [3.8, 4) is 0 Å². The lowest BCUT2D eigenvalue weighted by Crippen LogP contribution is -2.52. The summed E-state index contributed by atoms with van der Waals surface area (Å²) in [5.41, 5.74) is 0.268. The van der Waals surface area contributed by atoms with Gasteiger partial charge in [0.25, 0.3) is 0 Å². The fraction of sp³-hybridized carbons (Fsp3) is 1.00. The molecule has 6 heteroatoms. The Kier molecular flexibility index (Phi) is 4.34. The molecule has 2 unspecified atom stereocenters. The maximum absolute atomic E-state index is 5.91. The van der Waals surface area contributed by atoms with Gasteiger partial charge in [-0.2, -0.15) is 0 Å². The molecule has 0 aromatic rings. The molecule has 94 valence electrons. The number of ether oxygens (including phenoxy) is 2. The van der Waals surface area contributed by atoms with Crippen molar-refractivity contribution in [2.75, 3.05) is 39.6 Å². The van der Waals surface area contributed by atoms with Gasteiger partial charge in [0.2, 0.25) is 0 Å². The first-order valence-electron chi connectivity index (χ1n) is 5.84. The smallest absolute Gasteiger partial charge is 0.376 e. The van der Waals surface area contributed by atoms with E-state index in [1.165, 1.54) is 0 Å². The third kappa shape index (κ3) is 2.82. The van der Waals surface area contributed by atoms with Gasteiger partial charge in [-0.15, -0.1) is 0 Å². The second kappa shape index (κ2) is 5.57. The Morgan fingerprint density at radius 1 is 0.938 bits per heavy atom. The lowest BCUT2D eigenvalue weighted by Gasteiger charge is -2.34. The minimum atomic E-state index is -2.53. The summed E-state index contributed by atoms with van der Waals surface area (Å²) in [5, 5.41) is 0. The number of rotatable bonds is 1. The van der Waals surface area contributed by atoms with E-state index >= 15 is 0 Å². The SMILES string of the molecule is CC(C)[Si]12OCCOCC(CO1)OCCO2. The summed E-state index contributed by atoms with van der Waals surface area (Å²) in [6, 6.07) is 0. The van der Waals surface area contributed by atoms with E-state index in [2.05, 4.69) is 13.8 Å². The van der Waals surface area contributed by atoms with Crippen molar-refractivity contribution < 1.29 is 22.8 Å². The molecule has 0 aliphatic carbocycles. The Morgan fingerprint density at radius 2 is 1.69 bits per heavy atom. The Labute approximate surface area is 97.3 Å². The lowest BCUT2D eigenvalue weighted by molar-refractivity contribution is -0.0700. The van der Waals surface area contributed by atoms with Crippen LogP contribution in [0.1, 0.15) is 13.8 Å². The van der Waals surface area contributed by atoms with Crippen molar-refractivity contribution in [3.05, 3.63) is 0 Å². The van der Waals surface area contributed by atoms with Crippen molar-refractivity contribution in [1.82, 2.24) is 0 Å². The van der Waals surface area contributed by atoms with Crippen molar-refractivity contribution >= 4 is 8.80 Å². The number of hydrogen-bond acceptors (Lipinski definition) is 5. The highest BCUT2D eigenvalue weighted by Gasteiger charge is 2.47. The molecular weight excluding hydrogens is 228 g/mol. The van der Waals surface area contributed by atoms with E-state index in [4.69, 9.17) is 22.8 Å². The van der Waals surface area contributed by atoms with E-state index in [0.29, 0.717) is 39.6 Å². The van der Waals surface area contributed by atoms with E-state index in [9.17, 15) is 0 Å². The van der Waals surface area contributed by atoms with Crippen LogP contribution >= 0.6 is 0 Å². The van der Waals surface area contributed by atoms with Crippen LogP contribution in [0.4, 0.5) is 0 Å². The van der Waals surface area contributed by atoms with E-state index in [0.717, 1.165) is 0 Å². The van der Waals surface area contributed by atoms with Crippen LogP contribution in [0.2, 0.25) is 5.54 Å². The monoisotopic (exact) mass is 248 g/mol. The summed E-state index contributed by atoms with van der Waals surface area (Å²) in [7, 11) is -2.53. The lowest BCUT2D eigenvalue weighted by atomic mass is 10.4. The Bertz CT molecular complexity index is 225. The molecule has 2 saturated heterocycles. The maximum atomic E-state index is 5.91. The average Bonchev–Trinajstić information content (AvgIpc) is 2.29. The second-order valence-electron chi connectivity index (χ2n) is 4.33. The molecule has 2 fully saturated rings. The third-order valence-electron chi connectivity index (χ3n) is 2.75. The predicted octanol–water partition coefficient (Wildman–Crippen LogP) is 0.814. The summed E-state index contributed by atoms with van der Waals surface area (Å²) in [6.45, 7) is 7.50. The minimum Gasteiger partial charge on any atom is -0.376 e. The van der Waals surface area contributed by atoms with E-state index < -0.39 is 8.80 Å². The fourth-order valence-corrected chi connectivity index (χ4v) is 4.24. The number of fused-ring (bicyclic) bond motifs is 3. The standard InChI is InChI=1S/C10H20O5Si/c1-9(2)16-13-5-3-11-7-10(8-15-16)12-4-6-14-16/h9-10H,3-8H2,1-2H3. The van der Waals surface area contributed by atoms with Gasteiger partial charge >= 0.3 is 8.80 Å². The first-order valence-corrected chi connectivity index (χ1v) is 7.64. The summed E-state index contributed by atoms with van der Waals surface area (Å²) < 4.78 is 28.6. The molecular formula is C10H20O5Si. The molecule has 2 atom stereocenters. The first-order chi connectivity index (χ1) is 7.73. The molecule has 0 saturated carbocycles. The molecule has 2 aliphatic rings. The van der Waals surface area contributed by atoms with Gasteiger partial charge in [0.1, 0.15) is 6.10 Å². The second-order valence-corrected chi connectivity index (χ2v) is 7.56. The van der Waals surface area contributed by atoms with Crippen molar-refractivity contribution in [2.45, 2.75) is 25.5 Å². The zero-order valence-electron chi connectivity index (χ0n) is 9.94. The highest BCUT2D eigenvalue weighted by molar-refractivity contribution is 6.62. The van der Waals surface area contributed by atoms with Gasteiger partial charge in [-0.3, -0.25) is 0 Å². The highest BCUT2D eigenvalue weighted by atomic mass is 28.4. The normalized spacial score (nSPS) is 37.3. The predicted molar refractivity (Wildman–Crippen MR) is 59.3 cm³/mol. The van der Waals surface area contributed by atoms with Gasteiger partial charge in [-0.05, 0) is 0 Å². The van der Waals surface area contributed by atoms with Crippen molar-refractivity contribution in [2.24, 2.45) is 0 Å². The molecule has 0 radical (unpaired) electrons. The Hall–Kier alpha value is 0.0169. The van der Waals surface area contributed by atoms with E-state index in [1.807, 2.05) is 0 Å². The van der Waals surface area contributed by atoms with Crippen LogP contribution in [-0.4, -0.2) is 54.5 Å². The van der Waals surface area contributed by atoms with Crippen LogP contribution in [0.15, 0.2) is 0 Å². The van der Waals surface area contributed by atoms with E-state index in [-0.39, 0.29) is 11.6 Å². The van der Waals surface area contributed by atoms with E-state index in [1.54, 1.807) is 0 Å². The molecule has 0 aromatic heterocycles. The van der Waals surface area contributed by atoms with Crippen LogP contribution in [0.5, 0.6) is 0 Å². The average molecular weight is 248 g/mol. The summed E-state index contributed by atoms with van der Waals surface area (Å²) >= 11 is 0. The first kappa shape index (κ1) is 12.5. The van der Waals surface area contributed by atoms with Crippen molar-refractivity contribution in [1.29, 1.82) is 0 Å². The molecule has 2 rings (SSSR count). The molecule has 5 nitrogen and oxygen atoms in total. The molecule has 2 bridgehead atoms. The number of hydrogen-bond donors (Lipinski definition) is 0. The Balaban J connectivity index is 2.12. The van der Waals surface area contributed by atoms with Gasteiger partial charge in [-0.25, -0.2) is 0 Å². The molecule has 0 aromatic carbocycles. The van der Waals surface area contributed by atoms with Crippen LogP contribution in [0.25, 0.3) is 0 Å². The van der Waals surface area contributed by atoms with Crippen LogP contribution in [0, 0.1) is 0 Å². The van der Waals surface area contributed by atoms with Crippen molar-refractivity contribution in [3.63, 3.8) is 0 Å². The van der Waals surface area contributed by atoms with Crippen LogP contribution < -0.4 is 0 Å². The van der Waals surface area contributed by atoms with Gasteiger partial charge in [0, 0.05) is 5.54 Å². The summed E-state index contributed by atoms with van der Waals surface area (Å²) in [5.74, 6) is 0. The van der Waals surface area contributed by atoms with Crippen LogP contribution in [0.3, 0.4) is 0 Å². The zero-order valence-corrected chi connectivity index (χ0v) is 10.9. The molecule has 0 N–H and O–H groups in total. The maximum Gasteiger partial charge on any atom is 0.503 e. The molecule has 2 aliphatic heterocycles. The molecule has 0 spiro atoms. The zero-order chi connectivity index (χ0) is 11.4. The minimum absolute atomic E-state index is 0.0104. The topological polar surface area (TPSA) is 46.2 Å². The van der Waals surface area contributed by atoms with Gasteiger partial charge in [-0.1, -0.05) is 13.8 Å². The van der Waals surface area contributed by atoms with Gasteiger partial charge in [0.05, 0.1) is 39.6 Å². The molecule has 2 heterocycles. The Morgan fingerprint density at radius 3 is 2.44 bits per heavy atom. The molecule has 16 heavy (non-hydrogen) atoms.